The number of unbranched alkanes of at least 4 members (excludes halogenated alkanes) is 2. The van der Waals surface area contributed by atoms with Crippen LogP contribution in [0.4, 0.5) is 0 Å². The molecule has 0 aromatic heterocycles. The minimum atomic E-state index is 0.0383. The Hall–Kier alpha value is -1.69. The van der Waals surface area contributed by atoms with Crippen molar-refractivity contribution in [2.75, 3.05) is 52.5 Å². The molecule has 5 heteroatoms. The molecule has 0 aliphatic heterocycles. The van der Waals surface area contributed by atoms with Crippen LogP contribution >= 0.6 is 11.8 Å². The van der Waals surface area contributed by atoms with E-state index in [0.717, 1.165) is 103 Å². The van der Waals surface area contributed by atoms with E-state index in [1.165, 1.54) is 20.9 Å². The van der Waals surface area contributed by atoms with Gasteiger partial charge in [-0.1, -0.05) is 121 Å². The highest BCUT2D eigenvalue weighted by Gasteiger charge is 2.30. The highest BCUT2D eigenvalue weighted by Crippen LogP contribution is 2.46. The highest BCUT2D eigenvalue weighted by atomic mass is 32.2. The Morgan fingerprint density at radius 3 is 1.16 bits per heavy atom. The molecule has 0 fully saturated rings. The molecule has 49 heavy (non-hydrogen) atoms. The summed E-state index contributed by atoms with van der Waals surface area (Å²) in [6.07, 6.45) is 6.62. The van der Waals surface area contributed by atoms with Crippen molar-refractivity contribution in [3.8, 4) is 11.5 Å². The average molecular weight is 697 g/mol. The van der Waals surface area contributed by atoms with Crippen molar-refractivity contribution in [2.45, 2.75) is 156 Å². The van der Waals surface area contributed by atoms with E-state index in [1.807, 2.05) is 11.8 Å². The van der Waals surface area contributed by atoms with E-state index >= 15 is 0 Å². The normalized spacial score (nSPS) is 13.1. The Labute approximate surface area is 308 Å². The first kappa shape index (κ1) is 43.5. The summed E-state index contributed by atoms with van der Waals surface area (Å²) in [6, 6.07) is 13.9. The third kappa shape index (κ3) is 15.6. The third-order valence-corrected chi connectivity index (χ3v) is 10.7. The maximum atomic E-state index is 6.60. The van der Waals surface area contributed by atoms with Gasteiger partial charge in [0.1, 0.15) is 11.5 Å². The van der Waals surface area contributed by atoms with Crippen LogP contribution < -0.4 is 9.47 Å². The van der Waals surface area contributed by atoms with Gasteiger partial charge in [0.2, 0.25) is 0 Å². The molecule has 0 atom stereocenters. The topological polar surface area (TPSA) is 24.9 Å². The molecule has 0 amide bonds. The molecule has 2 aromatic carbocycles. The molecule has 0 N–H and O–H groups in total. The molecule has 0 aliphatic carbocycles. The van der Waals surface area contributed by atoms with Crippen LogP contribution in [0.3, 0.4) is 0 Å². The fourth-order valence-corrected chi connectivity index (χ4v) is 8.61. The lowest BCUT2D eigenvalue weighted by molar-refractivity contribution is 0.262. The van der Waals surface area contributed by atoms with E-state index in [0.29, 0.717) is 0 Å². The van der Waals surface area contributed by atoms with Crippen LogP contribution in [0.2, 0.25) is 0 Å². The first-order chi connectivity index (χ1) is 22.8. The zero-order valence-corrected chi connectivity index (χ0v) is 35.3. The fraction of sp³-hybridized carbons (Fsp3) is 0.727. The lowest BCUT2D eigenvalue weighted by atomic mass is 9.72. The zero-order chi connectivity index (χ0) is 36.9. The molecule has 2 aromatic rings. The van der Waals surface area contributed by atoms with Gasteiger partial charge in [-0.3, -0.25) is 0 Å². The average Bonchev–Trinajstić information content (AvgIpc) is 2.99. The molecule has 280 valence electrons. The molecule has 0 saturated carbocycles. The lowest BCUT2D eigenvalue weighted by Gasteiger charge is -2.34. The maximum Gasteiger partial charge on any atom is 0.133 e. The van der Waals surface area contributed by atoms with Crippen molar-refractivity contribution in [1.82, 2.24) is 9.80 Å². The minimum Gasteiger partial charge on any atom is -0.492 e. The summed E-state index contributed by atoms with van der Waals surface area (Å²) in [5.74, 6) is 1.96. The van der Waals surface area contributed by atoms with Crippen LogP contribution in [0.15, 0.2) is 46.2 Å². The quantitative estimate of drug-likeness (QED) is 0.114. The molecule has 0 saturated heterocycles. The maximum absolute atomic E-state index is 6.60. The number of nitrogens with zero attached hydrogens (tertiary/aromatic N) is 2. The van der Waals surface area contributed by atoms with Crippen LogP contribution in [0.5, 0.6) is 11.5 Å². The second kappa shape index (κ2) is 19.8. The second-order valence-electron chi connectivity index (χ2n) is 17.8. The van der Waals surface area contributed by atoms with Crippen LogP contribution in [-0.2, 0) is 10.8 Å². The minimum absolute atomic E-state index is 0.0383. The molecule has 2 rings (SSSR count). The van der Waals surface area contributed by atoms with Crippen molar-refractivity contribution in [2.24, 2.45) is 10.8 Å². The SMILES string of the molecule is CCN(CC)CCCCOc1ccc(C(C)(C)CC(C)(C)C)cc1Sc1cc(C(C)(C)CC(C)(C)C)ccc1OCCCCN(CC)CC. The van der Waals surface area contributed by atoms with Crippen LogP contribution in [0.25, 0.3) is 0 Å². The summed E-state index contributed by atoms with van der Waals surface area (Å²) in [5.41, 5.74) is 3.27. The van der Waals surface area contributed by atoms with E-state index in [-0.39, 0.29) is 21.7 Å². The second-order valence-corrected chi connectivity index (χ2v) is 18.9. The molecule has 0 spiro atoms. The van der Waals surface area contributed by atoms with Gasteiger partial charge in [0, 0.05) is 0 Å². The Balaban J connectivity index is 2.48. The van der Waals surface area contributed by atoms with Crippen molar-refractivity contribution < 1.29 is 9.47 Å². The summed E-state index contributed by atoms with van der Waals surface area (Å²) in [5, 5.41) is 0. The predicted octanol–water partition coefficient (Wildman–Crippen LogP) is 12.3. The lowest BCUT2D eigenvalue weighted by Crippen LogP contribution is -2.25. The number of rotatable bonds is 22. The third-order valence-electron chi connectivity index (χ3n) is 9.66. The van der Waals surface area contributed by atoms with E-state index in [1.54, 1.807) is 0 Å². The fourth-order valence-electron chi connectivity index (χ4n) is 7.55. The van der Waals surface area contributed by atoms with Crippen molar-refractivity contribution in [1.29, 1.82) is 0 Å². The van der Waals surface area contributed by atoms with Gasteiger partial charge in [0.05, 0.1) is 23.0 Å². The molecule has 0 bridgehead atoms. The number of ether oxygens (including phenoxy) is 2. The van der Waals surface area contributed by atoms with Gasteiger partial charge >= 0.3 is 0 Å². The number of hydrogen-bond acceptors (Lipinski definition) is 5. The number of benzene rings is 2. The summed E-state index contributed by atoms with van der Waals surface area (Å²) in [6.45, 7) is 40.7. The van der Waals surface area contributed by atoms with Crippen molar-refractivity contribution in [3.63, 3.8) is 0 Å². The highest BCUT2D eigenvalue weighted by molar-refractivity contribution is 7.99. The van der Waals surface area contributed by atoms with Gasteiger partial charge < -0.3 is 19.3 Å². The smallest absolute Gasteiger partial charge is 0.133 e. The van der Waals surface area contributed by atoms with Gasteiger partial charge in [-0.25, -0.2) is 0 Å². The Kier molecular flexibility index (Phi) is 17.6. The summed E-state index contributed by atoms with van der Waals surface area (Å²) < 4.78 is 13.2. The molecular weight excluding hydrogens is 621 g/mol. The Bertz CT molecular complexity index is 1140. The van der Waals surface area contributed by atoms with Crippen molar-refractivity contribution in [3.05, 3.63) is 47.5 Å². The summed E-state index contributed by atoms with van der Waals surface area (Å²) in [7, 11) is 0. The van der Waals surface area contributed by atoms with Gasteiger partial charge in [-0.2, -0.15) is 0 Å². The monoisotopic (exact) mass is 697 g/mol. The summed E-state index contributed by atoms with van der Waals surface area (Å²) >= 11 is 1.82. The predicted molar refractivity (Wildman–Crippen MR) is 216 cm³/mol. The summed E-state index contributed by atoms with van der Waals surface area (Å²) in [4.78, 5) is 7.35. The van der Waals surface area contributed by atoms with Crippen LogP contribution in [0, 0.1) is 10.8 Å². The molecule has 0 radical (unpaired) electrons. The Morgan fingerprint density at radius 2 is 0.857 bits per heavy atom. The van der Waals surface area contributed by atoms with Gasteiger partial charge in [-0.05, 0) is 135 Å². The van der Waals surface area contributed by atoms with Crippen LogP contribution in [0.1, 0.15) is 147 Å². The molecule has 4 nitrogen and oxygen atoms in total. The van der Waals surface area contributed by atoms with Crippen LogP contribution in [-0.4, -0.2) is 62.3 Å². The molecule has 0 unspecified atom stereocenters. The molecular formula is C44H76N2O2S. The van der Waals surface area contributed by atoms with Crippen molar-refractivity contribution >= 4 is 11.8 Å². The number of hydrogen-bond donors (Lipinski definition) is 0. The molecule has 0 aliphatic rings. The van der Waals surface area contributed by atoms with E-state index in [2.05, 4.69) is 143 Å². The van der Waals surface area contributed by atoms with Gasteiger partial charge in [0.15, 0.2) is 0 Å². The van der Waals surface area contributed by atoms with Gasteiger partial charge in [0.25, 0.3) is 0 Å². The van der Waals surface area contributed by atoms with E-state index in [4.69, 9.17) is 9.47 Å². The van der Waals surface area contributed by atoms with E-state index in [9.17, 15) is 0 Å². The first-order valence-electron chi connectivity index (χ1n) is 19.5. The largest absolute Gasteiger partial charge is 0.492 e. The zero-order valence-electron chi connectivity index (χ0n) is 34.5. The standard InChI is InChI=1S/C44H76N2O2S/c1-15-45(16-2)27-19-21-29-47-37-25-23-35(43(11,12)33-41(5,6)7)31-39(37)49-40-32-36(44(13,14)34-42(8,9)10)24-26-38(40)48-30-22-20-28-46(17-3)18-4/h23-26,31-32H,15-22,27-30,33-34H2,1-14H3. The van der Waals surface area contributed by atoms with E-state index < -0.39 is 0 Å². The Morgan fingerprint density at radius 1 is 0.510 bits per heavy atom. The first-order valence-corrected chi connectivity index (χ1v) is 20.3. The molecule has 0 heterocycles. The van der Waals surface area contributed by atoms with Gasteiger partial charge in [-0.15, -0.1) is 0 Å².